The SMILES string of the molecule is Cc1cc(CNc2ccc(-n3cccn3)cc2)c(C)n1C. The Morgan fingerprint density at radius 3 is 2.48 bits per heavy atom. The molecule has 0 atom stereocenters. The summed E-state index contributed by atoms with van der Waals surface area (Å²) in [6.45, 7) is 5.13. The Kier molecular flexibility index (Phi) is 3.52. The van der Waals surface area contributed by atoms with E-state index in [1.54, 1.807) is 6.20 Å². The molecule has 4 nitrogen and oxygen atoms in total. The molecule has 3 aromatic rings. The molecule has 0 amide bonds. The van der Waals surface area contributed by atoms with E-state index >= 15 is 0 Å². The van der Waals surface area contributed by atoms with E-state index in [0.717, 1.165) is 17.9 Å². The zero-order chi connectivity index (χ0) is 14.8. The molecule has 0 unspecified atom stereocenters. The minimum Gasteiger partial charge on any atom is -0.381 e. The highest BCUT2D eigenvalue weighted by molar-refractivity contribution is 5.49. The van der Waals surface area contributed by atoms with E-state index in [9.17, 15) is 0 Å². The number of benzene rings is 1. The van der Waals surface area contributed by atoms with Gasteiger partial charge in [-0.2, -0.15) is 5.10 Å². The van der Waals surface area contributed by atoms with Crippen molar-refractivity contribution < 1.29 is 0 Å². The maximum atomic E-state index is 4.23. The third-order valence-electron chi connectivity index (χ3n) is 4.00. The molecule has 4 heteroatoms. The van der Waals surface area contributed by atoms with Crippen molar-refractivity contribution in [3.05, 3.63) is 65.7 Å². The highest BCUT2D eigenvalue weighted by Gasteiger charge is 2.05. The first-order chi connectivity index (χ1) is 10.1. The topological polar surface area (TPSA) is 34.8 Å². The van der Waals surface area contributed by atoms with Crippen molar-refractivity contribution >= 4 is 5.69 Å². The van der Waals surface area contributed by atoms with E-state index < -0.39 is 0 Å². The summed E-state index contributed by atoms with van der Waals surface area (Å²) in [4.78, 5) is 0. The smallest absolute Gasteiger partial charge is 0.0647 e. The quantitative estimate of drug-likeness (QED) is 0.794. The summed E-state index contributed by atoms with van der Waals surface area (Å²) in [5.41, 5.74) is 6.13. The zero-order valence-electron chi connectivity index (χ0n) is 12.7. The second-order valence-corrected chi connectivity index (χ2v) is 5.31. The molecule has 3 rings (SSSR count). The van der Waals surface area contributed by atoms with Crippen molar-refractivity contribution in [2.75, 3.05) is 5.32 Å². The number of rotatable bonds is 4. The molecule has 21 heavy (non-hydrogen) atoms. The molecule has 0 aliphatic carbocycles. The van der Waals surface area contributed by atoms with Gasteiger partial charge in [-0.05, 0) is 55.8 Å². The Morgan fingerprint density at radius 2 is 1.90 bits per heavy atom. The van der Waals surface area contributed by atoms with Gasteiger partial charge in [-0.1, -0.05) is 0 Å². The molecule has 0 aliphatic rings. The van der Waals surface area contributed by atoms with Crippen LogP contribution in [0.2, 0.25) is 0 Å². The Hall–Kier alpha value is -2.49. The largest absolute Gasteiger partial charge is 0.381 e. The first kappa shape index (κ1) is 13.5. The van der Waals surface area contributed by atoms with E-state index in [1.165, 1.54) is 17.0 Å². The summed E-state index contributed by atoms with van der Waals surface area (Å²) >= 11 is 0. The van der Waals surface area contributed by atoms with E-state index in [2.05, 4.69) is 66.2 Å². The van der Waals surface area contributed by atoms with Gasteiger partial charge in [0.15, 0.2) is 0 Å². The van der Waals surface area contributed by atoms with Crippen LogP contribution in [0.1, 0.15) is 17.0 Å². The lowest BCUT2D eigenvalue weighted by Gasteiger charge is -2.08. The van der Waals surface area contributed by atoms with Gasteiger partial charge in [0.2, 0.25) is 0 Å². The Bertz CT molecular complexity index is 721. The summed E-state index contributed by atoms with van der Waals surface area (Å²) in [7, 11) is 2.10. The molecular formula is C17H20N4. The first-order valence-corrected chi connectivity index (χ1v) is 7.11. The highest BCUT2D eigenvalue weighted by atomic mass is 15.3. The van der Waals surface area contributed by atoms with Gasteiger partial charge < -0.3 is 9.88 Å². The van der Waals surface area contributed by atoms with Crippen LogP contribution in [-0.4, -0.2) is 14.3 Å². The molecule has 0 saturated heterocycles. The van der Waals surface area contributed by atoms with Crippen LogP contribution in [0, 0.1) is 13.8 Å². The monoisotopic (exact) mass is 280 g/mol. The van der Waals surface area contributed by atoms with E-state index in [0.29, 0.717) is 0 Å². The molecule has 2 aromatic heterocycles. The van der Waals surface area contributed by atoms with E-state index in [4.69, 9.17) is 0 Å². The van der Waals surface area contributed by atoms with Gasteiger partial charge in [0.05, 0.1) is 5.69 Å². The van der Waals surface area contributed by atoms with Gasteiger partial charge in [0.1, 0.15) is 0 Å². The minimum absolute atomic E-state index is 0.842. The van der Waals surface area contributed by atoms with E-state index in [1.807, 2.05) is 16.9 Å². The maximum Gasteiger partial charge on any atom is 0.0647 e. The van der Waals surface area contributed by atoms with Crippen LogP contribution in [0.25, 0.3) is 5.69 Å². The Balaban J connectivity index is 1.69. The lowest BCUT2D eigenvalue weighted by molar-refractivity contribution is 0.837. The minimum atomic E-state index is 0.842. The van der Waals surface area contributed by atoms with Crippen LogP contribution in [0.3, 0.4) is 0 Å². The van der Waals surface area contributed by atoms with Gasteiger partial charge in [-0.3, -0.25) is 0 Å². The third kappa shape index (κ3) is 2.70. The van der Waals surface area contributed by atoms with Crippen molar-refractivity contribution in [2.24, 2.45) is 7.05 Å². The predicted molar refractivity (Wildman–Crippen MR) is 85.8 cm³/mol. The van der Waals surface area contributed by atoms with Crippen molar-refractivity contribution in [1.82, 2.24) is 14.3 Å². The van der Waals surface area contributed by atoms with Crippen LogP contribution in [0.15, 0.2) is 48.8 Å². The van der Waals surface area contributed by atoms with E-state index in [-0.39, 0.29) is 0 Å². The molecule has 1 aromatic carbocycles. The number of nitrogens with zero attached hydrogens (tertiary/aromatic N) is 3. The molecule has 108 valence electrons. The summed E-state index contributed by atoms with van der Waals surface area (Å²) in [5.74, 6) is 0. The number of aryl methyl sites for hydroxylation is 1. The standard InChI is InChI=1S/C17H20N4/c1-13-11-15(14(2)20(13)3)12-18-16-5-7-17(8-6-16)21-10-4-9-19-21/h4-11,18H,12H2,1-3H3. The highest BCUT2D eigenvalue weighted by Crippen LogP contribution is 2.17. The lowest BCUT2D eigenvalue weighted by atomic mass is 10.2. The van der Waals surface area contributed by atoms with Gasteiger partial charge >= 0.3 is 0 Å². The molecule has 0 saturated carbocycles. The third-order valence-corrected chi connectivity index (χ3v) is 4.00. The number of aromatic nitrogens is 3. The predicted octanol–water partition coefficient (Wildman–Crippen LogP) is 3.44. The normalized spacial score (nSPS) is 10.8. The Morgan fingerprint density at radius 1 is 1.14 bits per heavy atom. The maximum absolute atomic E-state index is 4.23. The van der Waals surface area contributed by atoms with Crippen molar-refractivity contribution in [3.8, 4) is 5.69 Å². The molecule has 2 heterocycles. The molecule has 0 fully saturated rings. The van der Waals surface area contributed by atoms with Crippen LogP contribution >= 0.6 is 0 Å². The second-order valence-electron chi connectivity index (χ2n) is 5.31. The van der Waals surface area contributed by atoms with Crippen molar-refractivity contribution in [3.63, 3.8) is 0 Å². The van der Waals surface area contributed by atoms with Gasteiger partial charge in [0, 0.05) is 43.1 Å². The molecule has 1 N–H and O–H groups in total. The fourth-order valence-electron chi connectivity index (χ4n) is 2.46. The first-order valence-electron chi connectivity index (χ1n) is 7.11. The van der Waals surface area contributed by atoms with Crippen LogP contribution < -0.4 is 5.32 Å². The summed E-state index contributed by atoms with van der Waals surface area (Å²) < 4.78 is 4.08. The number of anilines is 1. The van der Waals surface area contributed by atoms with Crippen molar-refractivity contribution in [2.45, 2.75) is 20.4 Å². The summed E-state index contributed by atoms with van der Waals surface area (Å²) in [6, 6.07) is 12.5. The number of hydrogen-bond donors (Lipinski definition) is 1. The number of hydrogen-bond acceptors (Lipinski definition) is 2. The lowest BCUT2D eigenvalue weighted by Crippen LogP contribution is -2.02. The second kappa shape index (κ2) is 5.48. The average molecular weight is 280 g/mol. The molecule has 0 spiro atoms. The van der Waals surface area contributed by atoms with Gasteiger partial charge in [-0.25, -0.2) is 4.68 Å². The number of nitrogens with one attached hydrogen (secondary N) is 1. The van der Waals surface area contributed by atoms with Gasteiger partial charge in [-0.15, -0.1) is 0 Å². The van der Waals surface area contributed by atoms with Crippen LogP contribution in [0.4, 0.5) is 5.69 Å². The molecule has 0 aliphatic heterocycles. The molecule has 0 radical (unpaired) electrons. The molecular weight excluding hydrogens is 260 g/mol. The fourth-order valence-corrected chi connectivity index (χ4v) is 2.46. The summed E-state index contributed by atoms with van der Waals surface area (Å²) in [6.07, 6.45) is 3.73. The van der Waals surface area contributed by atoms with Crippen LogP contribution in [-0.2, 0) is 13.6 Å². The van der Waals surface area contributed by atoms with Crippen LogP contribution in [0.5, 0.6) is 0 Å². The molecule has 0 bridgehead atoms. The zero-order valence-corrected chi connectivity index (χ0v) is 12.7. The summed E-state index contributed by atoms with van der Waals surface area (Å²) in [5, 5.41) is 7.70. The van der Waals surface area contributed by atoms with Gasteiger partial charge in [0.25, 0.3) is 0 Å². The fraction of sp³-hybridized carbons (Fsp3) is 0.235. The average Bonchev–Trinajstić information content (AvgIpc) is 3.11. The van der Waals surface area contributed by atoms with Crippen molar-refractivity contribution in [1.29, 1.82) is 0 Å². The Labute approximate surface area is 125 Å².